The molecule has 2 aromatic rings. The fourth-order valence-corrected chi connectivity index (χ4v) is 3.48. The van der Waals surface area contributed by atoms with Gasteiger partial charge in [0.1, 0.15) is 5.58 Å². The summed E-state index contributed by atoms with van der Waals surface area (Å²) in [5.74, 6) is 0.956. The van der Waals surface area contributed by atoms with Gasteiger partial charge in [0.2, 0.25) is 0 Å². The summed E-state index contributed by atoms with van der Waals surface area (Å²) < 4.78 is 6.62. The lowest BCUT2D eigenvalue weighted by Crippen LogP contribution is -2.49. The Morgan fingerprint density at radius 3 is 3.05 bits per heavy atom. The lowest BCUT2D eigenvalue weighted by atomic mass is 9.92. The van der Waals surface area contributed by atoms with Gasteiger partial charge in [-0.25, -0.2) is 0 Å². The van der Waals surface area contributed by atoms with E-state index in [0.29, 0.717) is 18.2 Å². The number of carbonyl (C=O) groups is 1. The first-order valence-electron chi connectivity index (χ1n) is 7.29. The van der Waals surface area contributed by atoms with Crippen LogP contribution in [-0.2, 0) is 0 Å². The van der Waals surface area contributed by atoms with Crippen LogP contribution in [-0.4, -0.2) is 29.9 Å². The molecule has 2 N–H and O–H groups in total. The van der Waals surface area contributed by atoms with Crippen LogP contribution in [0.4, 0.5) is 0 Å². The number of carbonyl (C=O) groups excluding carboxylic acids is 1. The van der Waals surface area contributed by atoms with E-state index in [4.69, 9.17) is 10.2 Å². The summed E-state index contributed by atoms with van der Waals surface area (Å²) in [5, 5.41) is 0.933. The lowest BCUT2D eigenvalue weighted by Gasteiger charge is -2.37. The first kappa shape index (κ1) is 14.6. The number of nitrogens with two attached hydrogens (primary N) is 1. The molecule has 1 fully saturated rings. The minimum Gasteiger partial charge on any atom is -0.450 e. The highest BCUT2D eigenvalue weighted by molar-refractivity contribution is 9.10. The molecule has 1 saturated heterocycles. The minimum absolute atomic E-state index is 0.0551. The fraction of sp³-hybridized carbons (Fsp3) is 0.438. The number of para-hydroxylation sites is 1. The van der Waals surface area contributed by atoms with Crippen LogP contribution in [0.3, 0.4) is 0 Å². The van der Waals surface area contributed by atoms with E-state index in [1.165, 1.54) is 0 Å². The van der Waals surface area contributed by atoms with Gasteiger partial charge in [-0.3, -0.25) is 4.79 Å². The smallest absolute Gasteiger partial charge is 0.289 e. The van der Waals surface area contributed by atoms with Crippen molar-refractivity contribution >= 4 is 32.8 Å². The van der Waals surface area contributed by atoms with Crippen LogP contribution >= 0.6 is 15.9 Å². The fourth-order valence-electron chi connectivity index (χ4n) is 3.02. The molecular formula is C16H19BrN2O2. The van der Waals surface area contributed by atoms with E-state index in [1.807, 2.05) is 29.2 Å². The Morgan fingerprint density at radius 1 is 1.52 bits per heavy atom. The van der Waals surface area contributed by atoms with Crippen molar-refractivity contribution in [2.75, 3.05) is 13.1 Å². The summed E-state index contributed by atoms with van der Waals surface area (Å²) in [7, 11) is 0. The number of rotatable bonds is 2. The second kappa shape index (κ2) is 5.81. The molecule has 0 aliphatic carbocycles. The van der Waals surface area contributed by atoms with Gasteiger partial charge in [-0.2, -0.15) is 0 Å². The number of amides is 1. The summed E-state index contributed by atoms with van der Waals surface area (Å²) in [6, 6.07) is 7.71. The van der Waals surface area contributed by atoms with Crippen molar-refractivity contribution in [2.24, 2.45) is 11.7 Å². The van der Waals surface area contributed by atoms with Gasteiger partial charge in [0.25, 0.3) is 5.91 Å². The number of hydrogen-bond donors (Lipinski definition) is 1. The van der Waals surface area contributed by atoms with Crippen molar-refractivity contribution in [3.05, 3.63) is 34.5 Å². The van der Waals surface area contributed by atoms with Gasteiger partial charge in [0, 0.05) is 24.5 Å². The molecule has 0 spiro atoms. The Kier molecular flexibility index (Phi) is 4.04. The molecule has 21 heavy (non-hydrogen) atoms. The molecule has 112 valence electrons. The monoisotopic (exact) mass is 350 g/mol. The molecule has 0 radical (unpaired) electrons. The summed E-state index contributed by atoms with van der Waals surface area (Å²) in [5.41, 5.74) is 6.56. The van der Waals surface area contributed by atoms with Crippen LogP contribution in [0.1, 0.15) is 30.3 Å². The van der Waals surface area contributed by atoms with E-state index < -0.39 is 0 Å². The Morgan fingerprint density at radius 2 is 2.33 bits per heavy atom. The minimum atomic E-state index is -0.0551. The number of benzene rings is 1. The predicted molar refractivity (Wildman–Crippen MR) is 86.2 cm³/mol. The van der Waals surface area contributed by atoms with Crippen LogP contribution in [0.25, 0.3) is 11.0 Å². The molecule has 1 aromatic carbocycles. The number of likely N-dealkylation sites (tertiary alicyclic amines) is 1. The Balaban J connectivity index is 1.91. The average Bonchev–Trinajstić information content (AvgIpc) is 2.92. The van der Waals surface area contributed by atoms with Crippen LogP contribution in [0.2, 0.25) is 0 Å². The summed E-state index contributed by atoms with van der Waals surface area (Å²) >= 11 is 3.45. The molecule has 5 heteroatoms. The second-order valence-electron chi connectivity index (χ2n) is 5.79. The maximum absolute atomic E-state index is 12.7. The Labute approximate surface area is 132 Å². The van der Waals surface area contributed by atoms with E-state index in [-0.39, 0.29) is 11.9 Å². The SMILES string of the molecule is CC1CCN(C(=O)c2cc3cccc(Br)c3o2)C(CN)C1. The van der Waals surface area contributed by atoms with Crippen LogP contribution in [0.5, 0.6) is 0 Å². The third-order valence-corrected chi connectivity index (χ3v) is 4.84. The molecule has 3 rings (SSSR count). The largest absolute Gasteiger partial charge is 0.450 e. The second-order valence-corrected chi connectivity index (χ2v) is 6.64. The Bertz CT molecular complexity index is 667. The molecule has 2 heterocycles. The molecule has 4 nitrogen and oxygen atoms in total. The molecule has 0 saturated carbocycles. The molecule has 0 bridgehead atoms. The van der Waals surface area contributed by atoms with Gasteiger partial charge < -0.3 is 15.1 Å². The zero-order valence-electron chi connectivity index (χ0n) is 12.0. The zero-order chi connectivity index (χ0) is 15.0. The summed E-state index contributed by atoms with van der Waals surface area (Å²) in [6.07, 6.45) is 1.98. The first-order valence-corrected chi connectivity index (χ1v) is 8.08. The predicted octanol–water partition coefficient (Wildman–Crippen LogP) is 3.39. The molecule has 2 unspecified atom stereocenters. The van der Waals surface area contributed by atoms with Crippen LogP contribution in [0.15, 0.2) is 33.2 Å². The number of halogens is 1. The van der Waals surface area contributed by atoms with Crippen molar-refractivity contribution in [3.63, 3.8) is 0 Å². The molecule has 1 aliphatic heterocycles. The van der Waals surface area contributed by atoms with Crippen molar-refractivity contribution in [2.45, 2.75) is 25.8 Å². The third-order valence-electron chi connectivity index (χ3n) is 4.22. The normalized spacial score (nSPS) is 22.7. The molecule has 1 aromatic heterocycles. The quantitative estimate of drug-likeness (QED) is 0.902. The third kappa shape index (κ3) is 2.72. The van der Waals surface area contributed by atoms with Crippen LogP contribution < -0.4 is 5.73 Å². The van der Waals surface area contributed by atoms with Gasteiger partial charge in [0.05, 0.1) is 4.47 Å². The Hall–Kier alpha value is -1.33. The van der Waals surface area contributed by atoms with Crippen molar-refractivity contribution in [1.82, 2.24) is 4.90 Å². The molecule has 2 atom stereocenters. The van der Waals surface area contributed by atoms with Crippen molar-refractivity contribution in [3.8, 4) is 0 Å². The van der Waals surface area contributed by atoms with E-state index in [0.717, 1.165) is 34.8 Å². The first-order chi connectivity index (χ1) is 10.1. The van der Waals surface area contributed by atoms with E-state index in [2.05, 4.69) is 22.9 Å². The van der Waals surface area contributed by atoms with Gasteiger partial charge in [0.15, 0.2) is 5.76 Å². The number of furan rings is 1. The van der Waals surface area contributed by atoms with Gasteiger partial charge >= 0.3 is 0 Å². The standard InChI is InChI=1S/C16H19BrN2O2/c1-10-5-6-19(12(7-10)9-18)16(20)14-8-11-3-2-4-13(17)15(11)21-14/h2-4,8,10,12H,5-7,9,18H2,1H3. The van der Waals surface area contributed by atoms with Crippen LogP contribution in [0, 0.1) is 5.92 Å². The topological polar surface area (TPSA) is 59.5 Å². The summed E-state index contributed by atoms with van der Waals surface area (Å²) in [4.78, 5) is 14.6. The average molecular weight is 351 g/mol. The van der Waals surface area contributed by atoms with E-state index in [1.54, 1.807) is 0 Å². The van der Waals surface area contributed by atoms with E-state index in [9.17, 15) is 4.79 Å². The van der Waals surface area contributed by atoms with Crippen molar-refractivity contribution in [1.29, 1.82) is 0 Å². The van der Waals surface area contributed by atoms with Gasteiger partial charge in [-0.05, 0) is 46.8 Å². The van der Waals surface area contributed by atoms with Gasteiger partial charge in [-0.15, -0.1) is 0 Å². The van der Waals surface area contributed by atoms with E-state index >= 15 is 0 Å². The molecular weight excluding hydrogens is 332 g/mol. The lowest BCUT2D eigenvalue weighted by molar-refractivity contribution is 0.0544. The number of hydrogen-bond acceptors (Lipinski definition) is 3. The highest BCUT2D eigenvalue weighted by Crippen LogP contribution is 2.29. The molecule has 1 aliphatic rings. The maximum atomic E-state index is 12.7. The van der Waals surface area contributed by atoms with Crippen molar-refractivity contribution < 1.29 is 9.21 Å². The highest BCUT2D eigenvalue weighted by Gasteiger charge is 2.31. The number of fused-ring (bicyclic) bond motifs is 1. The highest BCUT2D eigenvalue weighted by atomic mass is 79.9. The number of piperidine rings is 1. The number of nitrogens with zero attached hydrogens (tertiary/aromatic N) is 1. The maximum Gasteiger partial charge on any atom is 0.289 e. The summed E-state index contributed by atoms with van der Waals surface area (Å²) in [6.45, 7) is 3.46. The molecule has 1 amide bonds. The zero-order valence-corrected chi connectivity index (χ0v) is 13.6. The van der Waals surface area contributed by atoms with Gasteiger partial charge in [-0.1, -0.05) is 19.1 Å².